The minimum atomic E-state index is -0.405. The van der Waals surface area contributed by atoms with Gasteiger partial charge in [-0.3, -0.25) is 0 Å². The van der Waals surface area contributed by atoms with Gasteiger partial charge in [-0.15, -0.1) is 0 Å². The van der Waals surface area contributed by atoms with Gasteiger partial charge in [-0.05, 0) is 52.6 Å². The number of fused-ring (bicyclic) bond motifs is 1. The molecule has 1 heterocycles. The third kappa shape index (κ3) is 2.99. The smallest absolute Gasteiger partial charge is 0.128 e. The highest BCUT2D eigenvalue weighted by molar-refractivity contribution is 14.1. The summed E-state index contributed by atoms with van der Waals surface area (Å²) in [5, 5.41) is 10.5. The largest absolute Gasteiger partial charge is 0.493 e. The Kier molecular flexibility index (Phi) is 4.90. The normalized spacial score (nSPS) is 17.1. The molecule has 0 bridgehead atoms. The Morgan fingerprint density at radius 1 is 1.44 bits per heavy atom. The minimum absolute atomic E-state index is 0.288. The van der Waals surface area contributed by atoms with E-state index in [1.165, 1.54) is 22.0 Å². The lowest BCUT2D eigenvalue weighted by molar-refractivity contribution is 0.108. The van der Waals surface area contributed by atoms with Gasteiger partial charge in [-0.2, -0.15) is 0 Å². The highest BCUT2D eigenvalue weighted by Crippen LogP contribution is 2.38. The second kappa shape index (κ2) is 6.24. The first-order chi connectivity index (χ1) is 8.63. The van der Waals surface area contributed by atoms with E-state index in [2.05, 4.69) is 48.6 Å². The van der Waals surface area contributed by atoms with Crippen LogP contribution in [0.3, 0.4) is 0 Å². The standard InChI is InChI=1S/C15H21IO2/c1-3-4-5-10(2)14(17)13-9-12(16)8-11-6-7-18-15(11)13/h8-10,14,17H,3-7H2,1-2H3. The number of hydrogen-bond acceptors (Lipinski definition) is 2. The van der Waals surface area contributed by atoms with Crippen molar-refractivity contribution in [2.24, 2.45) is 5.92 Å². The van der Waals surface area contributed by atoms with Crippen molar-refractivity contribution >= 4 is 22.6 Å². The monoisotopic (exact) mass is 360 g/mol. The van der Waals surface area contributed by atoms with Crippen molar-refractivity contribution in [2.75, 3.05) is 6.61 Å². The van der Waals surface area contributed by atoms with Crippen LogP contribution in [0.5, 0.6) is 5.75 Å². The zero-order valence-electron chi connectivity index (χ0n) is 11.1. The molecule has 1 aliphatic heterocycles. The highest BCUT2D eigenvalue weighted by Gasteiger charge is 2.25. The predicted molar refractivity (Wildman–Crippen MR) is 82.0 cm³/mol. The van der Waals surface area contributed by atoms with E-state index in [4.69, 9.17) is 4.74 Å². The topological polar surface area (TPSA) is 29.5 Å². The average molecular weight is 360 g/mol. The van der Waals surface area contributed by atoms with Crippen molar-refractivity contribution in [3.05, 3.63) is 26.8 Å². The minimum Gasteiger partial charge on any atom is -0.493 e. The lowest BCUT2D eigenvalue weighted by Crippen LogP contribution is -2.10. The molecule has 0 amide bonds. The third-order valence-electron chi connectivity index (χ3n) is 3.65. The van der Waals surface area contributed by atoms with Crippen LogP contribution in [0.1, 0.15) is 50.3 Å². The van der Waals surface area contributed by atoms with Crippen LogP contribution in [-0.2, 0) is 6.42 Å². The quantitative estimate of drug-likeness (QED) is 0.802. The molecular formula is C15H21IO2. The molecule has 2 nitrogen and oxygen atoms in total. The molecule has 0 saturated heterocycles. The molecular weight excluding hydrogens is 339 g/mol. The van der Waals surface area contributed by atoms with Gasteiger partial charge in [-0.25, -0.2) is 0 Å². The van der Waals surface area contributed by atoms with Crippen molar-refractivity contribution in [3.63, 3.8) is 0 Å². The molecule has 2 rings (SSSR count). The molecule has 0 aliphatic carbocycles. The molecule has 18 heavy (non-hydrogen) atoms. The Bertz CT molecular complexity index is 417. The summed E-state index contributed by atoms with van der Waals surface area (Å²) >= 11 is 2.32. The number of aliphatic hydroxyl groups excluding tert-OH is 1. The van der Waals surface area contributed by atoms with Gasteiger partial charge in [0.2, 0.25) is 0 Å². The molecule has 0 radical (unpaired) electrons. The summed E-state index contributed by atoms with van der Waals surface area (Å²) in [6.07, 6.45) is 3.98. The molecule has 2 atom stereocenters. The molecule has 100 valence electrons. The molecule has 0 saturated carbocycles. The maximum atomic E-state index is 10.5. The summed E-state index contributed by atoms with van der Waals surface area (Å²) in [5.41, 5.74) is 2.23. The van der Waals surface area contributed by atoms with Crippen LogP contribution in [0, 0.1) is 9.49 Å². The molecule has 1 aromatic rings. The third-order valence-corrected chi connectivity index (χ3v) is 4.27. The van der Waals surface area contributed by atoms with Crippen molar-refractivity contribution in [1.29, 1.82) is 0 Å². The first-order valence-corrected chi connectivity index (χ1v) is 7.84. The summed E-state index contributed by atoms with van der Waals surface area (Å²) in [7, 11) is 0. The summed E-state index contributed by atoms with van der Waals surface area (Å²) in [5.74, 6) is 1.22. The Labute approximate surface area is 123 Å². The fourth-order valence-corrected chi connectivity index (χ4v) is 3.22. The number of hydrogen-bond donors (Lipinski definition) is 1. The highest BCUT2D eigenvalue weighted by atomic mass is 127. The zero-order valence-corrected chi connectivity index (χ0v) is 13.2. The molecule has 1 aromatic carbocycles. The van der Waals surface area contributed by atoms with E-state index in [-0.39, 0.29) is 5.92 Å². The van der Waals surface area contributed by atoms with E-state index in [1.807, 2.05) is 0 Å². The van der Waals surface area contributed by atoms with E-state index in [0.29, 0.717) is 0 Å². The van der Waals surface area contributed by atoms with Crippen LogP contribution in [0.15, 0.2) is 12.1 Å². The SMILES string of the molecule is CCCCC(C)C(O)c1cc(I)cc2c1OCC2. The van der Waals surface area contributed by atoms with Gasteiger partial charge in [0.05, 0.1) is 12.7 Å². The molecule has 0 fully saturated rings. The summed E-state index contributed by atoms with van der Waals surface area (Å²) in [6, 6.07) is 4.23. The van der Waals surface area contributed by atoms with Crippen molar-refractivity contribution in [1.82, 2.24) is 0 Å². The van der Waals surface area contributed by atoms with Crippen molar-refractivity contribution in [3.8, 4) is 5.75 Å². The van der Waals surface area contributed by atoms with E-state index >= 15 is 0 Å². The fourth-order valence-electron chi connectivity index (χ4n) is 2.51. The number of aliphatic hydroxyl groups is 1. The molecule has 1 aliphatic rings. The van der Waals surface area contributed by atoms with Crippen LogP contribution in [0.25, 0.3) is 0 Å². The Morgan fingerprint density at radius 2 is 2.22 bits per heavy atom. The Balaban J connectivity index is 2.22. The van der Waals surface area contributed by atoms with Crippen LogP contribution in [0.4, 0.5) is 0 Å². The lowest BCUT2D eigenvalue weighted by atomic mass is 9.91. The zero-order chi connectivity index (χ0) is 13.1. The van der Waals surface area contributed by atoms with E-state index in [1.54, 1.807) is 0 Å². The number of halogens is 1. The number of ether oxygens (including phenoxy) is 1. The van der Waals surface area contributed by atoms with Crippen molar-refractivity contribution < 1.29 is 9.84 Å². The van der Waals surface area contributed by atoms with Crippen LogP contribution < -0.4 is 4.74 Å². The van der Waals surface area contributed by atoms with Gasteiger partial charge in [0, 0.05) is 15.6 Å². The Morgan fingerprint density at radius 3 is 2.94 bits per heavy atom. The molecule has 3 heteroatoms. The molecule has 1 N–H and O–H groups in total. The average Bonchev–Trinajstić information content (AvgIpc) is 2.81. The van der Waals surface area contributed by atoms with Gasteiger partial charge in [0.1, 0.15) is 5.75 Å². The lowest BCUT2D eigenvalue weighted by Gasteiger charge is -2.21. The number of unbranched alkanes of at least 4 members (excludes halogenated alkanes) is 1. The van der Waals surface area contributed by atoms with Gasteiger partial charge >= 0.3 is 0 Å². The van der Waals surface area contributed by atoms with E-state index in [0.717, 1.165) is 30.8 Å². The maximum Gasteiger partial charge on any atom is 0.128 e. The maximum absolute atomic E-state index is 10.5. The van der Waals surface area contributed by atoms with E-state index < -0.39 is 6.10 Å². The van der Waals surface area contributed by atoms with E-state index in [9.17, 15) is 5.11 Å². The molecule has 0 spiro atoms. The van der Waals surface area contributed by atoms with Crippen LogP contribution in [0.2, 0.25) is 0 Å². The molecule has 2 unspecified atom stereocenters. The second-order valence-corrected chi connectivity index (χ2v) is 6.39. The summed E-state index contributed by atoms with van der Waals surface area (Å²) in [4.78, 5) is 0. The second-order valence-electron chi connectivity index (χ2n) is 5.15. The predicted octanol–water partition coefficient (Wildman–Crippen LogP) is 4.09. The van der Waals surface area contributed by atoms with Gasteiger partial charge < -0.3 is 9.84 Å². The summed E-state index contributed by atoms with van der Waals surface area (Å²) < 4.78 is 6.89. The Hall–Kier alpha value is -0.290. The van der Waals surface area contributed by atoms with Crippen LogP contribution in [-0.4, -0.2) is 11.7 Å². The van der Waals surface area contributed by atoms with Crippen LogP contribution >= 0.6 is 22.6 Å². The first kappa shape index (κ1) is 14.1. The fraction of sp³-hybridized carbons (Fsp3) is 0.600. The number of benzene rings is 1. The first-order valence-electron chi connectivity index (χ1n) is 6.76. The molecule has 0 aromatic heterocycles. The van der Waals surface area contributed by atoms with Crippen molar-refractivity contribution in [2.45, 2.75) is 45.6 Å². The summed E-state index contributed by atoms with van der Waals surface area (Å²) in [6.45, 7) is 5.06. The number of rotatable bonds is 5. The van der Waals surface area contributed by atoms with Gasteiger partial charge in [0.25, 0.3) is 0 Å². The van der Waals surface area contributed by atoms with Gasteiger partial charge in [-0.1, -0.05) is 26.7 Å². The van der Waals surface area contributed by atoms with Gasteiger partial charge in [0.15, 0.2) is 0 Å².